The van der Waals surface area contributed by atoms with E-state index in [9.17, 15) is 14.4 Å². The Kier molecular flexibility index (Phi) is 9.12. The maximum absolute atomic E-state index is 13.8. The van der Waals surface area contributed by atoms with Gasteiger partial charge in [-0.25, -0.2) is 14.6 Å². The molecule has 4 aromatic rings. The predicted octanol–water partition coefficient (Wildman–Crippen LogP) is 2.95. The molecule has 0 saturated carbocycles. The fraction of sp³-hybridized carbons (Fsp3) is 0.419. The molecule has 1 atom stereocenters. The minimum absolute atomic E-state index is 0.0185. The van der Waals surface area contributed by atoms with Crippen LogP contribution in [-0.2, 0) is 11.3 Å². The SMILES string of the molecule is COc1ccc2cc1OCCn1nc(C)nc1[C@H](C(C)C)NC(=O)CN(C(=O)c1ccc3nc(C)[nH]c3c1)CCCNC2=O. The van der Waals surface area contributed by atoms with Gasteiger partial charge in [0.15, 0.2) is 11.5 Å². The number of aromatic nitrogens is 5. The van der Waals surface area contributed by atoms with Gasteiger partial charge in [-0.2, -0.15) is 5.10 Å². The molecular formula is C31H38N8O5. The number of methoxy groups -OCH3 is 1. The van der Waals surface area contributed by atoms with E-state index in [4.69, 9.17) is 9.47 Å². The van der Waals surface area contributed by atoms with Gasteiger partial charge >= 0.3 is 0 Å². The summed E-state index contributed by atoms with van der Waals surface area (Å²) in [4.78, 5) is 53.9. The maximum atomic E-state index is 13.8. The number of fused-ring (bicyclic) bond motifs is 4. The normalized spacial score (nSPS) is 16.9. The molecule has 2 bridgehead atoms. The number of rotatable bonds is 3. The number of imidazole rings is 1. The number of carbonyl (C=O) groups excluding carboxylic acids is 3. The van der Waals surface area contributed by atoms with Crippen LogP contribution in [0.25, 0.3) is 11.0 Å². The van der Waals surface area contributed by atoms with Gasteiger partial charge < -0.3 is 30.0 Å². The van der Waals surface area contributed by atoms with Crippen LogP contribution in [0.15, 0.2) is 36.4 Å². The van der Waals surface area contributed by atoms with Gasteiger partial charge in [0, 0.05) is 24.2 Å². The lowest BCUT2D eigenvalue weighted by Gasteiger charge is -2.26. The number of hydrogen-bond acceptors (Lipinski definition) is 8. The molecule has 13 nitrogen and oxygen atoms in total. The van der Waals surface area contributed by atoms with E-state index < -0.39 is 6.04 Å². The van der Waals surface area contributed by atoms with E-state index in [1.54, 1.807) is 48.0 Å². The number of amides is 3. The Hall–Kier alpha value is -4.94. The van der Waals surface area contributed by atoms with Crippen LogP contribution in [0.1, 0.15) is 64.5 Å². The van der Waals surface area contributed by atoms with Crippen molar-refractivity contribution in [1.82, 2.24) is 40.3 Å². The van der Waals surface area contributed by atoms with Gasteiger partial charge in [0.1, 0.15) is 24.1 Å². The second kappa shape index (κ2) is 13.1. The summed E-state index contributed by atoms with van der Waals surface area (Å²) in [6, 6.07) is 9.78. The number of ether oxygens (including phenoxy) is 2. The molecule has 0 aliphatic carbocycles. The summed E-state index contributed by atoms with van der Waals surface area (Å²) >= 11 is 0. The highest BCUT2D eigenvalue weighted by Gasteiger charge is 2.27. The number of hydrogen-bond donors (Lipinski definition) is 3. The molecule has 0 radical (unpaired) electrons. The van der Waals surface area contributed by atoms with E-state index in [0.29, 0.717) is 53.8 Å². The molecule has 3 heterocycles. The molecule has 44 heavy (non-hydrogen) atoms. The zero-order valence-corrected chi connectivity index (χ0v) is 25.6. The van der Waals surface area contributed by atoms with E-state index in [1.807, 2.05) is 20.8 Å². The largest absolute Gasteiger partial charge is 0.493 e. The Balaban J connectivity index is 1.46. The van der Waals surface area contributed by atoms with Crippen molar-refractivity contribution >= 4 is 28.8 Å². The second-order valence-corrected chi connectivity index (χ2v) is 11.1. The summed E-state index contributed by atoms with van der Waals surface area (Å²) in [5.74, 6) is 1.88. The highest BCUT2D eigenvalue weighted by atomic mass is 16.5. The molecule has 0 saturated heterocycles. The molecule has 3 amide bonds. The summed E-state index contributed by atoms with van der Waals surface area (Å²) < 4.78 is 13.2. The number of H-pyrrole nitrogens is 1. The molecule has 13 heteroatoms. The first-order valence-corrected chi connectivity index (χ1v) is 14.7. The van der Waals surface area contributed by atoms with Crippen molar-refractivity contribution in [1.29, 1.82) is 0 Å². The zero-order valence-electron chi connectivity index (χ0n) is 25.6. The smallest absolute Gasteiger partial charge is 0.254 e. The van der Waals surface area contributed by atoms with Gasteiger partial charge in [0.05, 0.1) is 37.3 Å². The summed E-state index contributed by atoms with van der Waals surface area (Å²) in [5.41, 5.74) is 2.34. The monoisotopic (exact) mass is 602 g/mol. The minimum Gasteiger partial charge on any atom is -0.493 e. The molecule has 3 N–H and O–H groups in total. The van der Waals surface area contributed by atoms with Crippen molar-refractivity contribution in [2.24, 2.45) is 5.92 Å². The Morgan fingerprint density at radius 1 is 1.09 bits per heavy atom. The molecule has 232 valence electrons. The number of nitrogens with zero attached hydrogens (tertiary/aromatic N) is 5. The van der Waals surface area contributed by atoms with E-state index in [2.05, 4.69) is 30.7 Å². The average molecular weight is 603 g/mol. The molecule has 1 aliphatic heterocycles. The van der Waals surface area contributed by atoms with Crippen LogP contribution in [0, 0.1) is 19.8 Å². The lowest BCUT2D eigenvalue weighted by molar-refractivity contribution is -0.123. The molecule has 0 unspecified atom stereocenters. The summed E-state index contributed by atoms with van der Waals surface area (Å²) in [5, 5.41) is 10.5. The number of nitrogens with one attached hydrogen (secondary N) is 3. The predicted molar refractivity (Wildman–Crippen MR) is 163 cm³/mol. The molecule has 0 spiro atoms. The lowest BCUT2D eigenvalue weighted by atomic mass is 10.0. The summed E-state index contributed by atoms with van der Waals surface area (Å²) in [7, 11) is 1.54. The van der Waals surface area contributed by atoms with Crippen LogP contribution < -0.4 is 20.1 Å². The summed E-state index contributed by atoms with van der Waals surface area (Å²) in [6.07, 6.45) is 0.427. The van der Waals surface area contributed by atoms with Gasteiger partial charge in [0.2, 0.25) is 5.91 Å². The van der Waals surface area contributed by atoms with Crippen molar-refractivity contribution in [2.75, 3.05) is 33.4 Å². The van der Waals surface area contributed by atoms with Crippen molar-refractivity contribution in [2.45, 2.75) is 46.7 Å². The van der Waals surface area contributed by atoms with Gasteiger partial charge in [-0.3, -0.25) is 14.4 Å². The third-order valence-electron chi connectivity index (χ3n) is 7.41. The second-order valence-electron chi connectivity index (χ2n) is 11.1. The average Bonchev–Trinajstić information content (AvgIpc) is 3.56. The van der Waals surface area contributed by atoms with Gasteiger partial charge in [-0.15, -0.1) is 0 Å². The standard InChI is InChI=1S/C31H38N8O5/c1-18(2)28-29-35-20(4)37-39(29)13-14-44-26-16-21(8-10-25(26)43-5)30(41)32-11-6-12-38(17-27(40)36-28)31(42)22-7-9-23-24(15-22)34-19(3)33-23/h7-10,15-16,18,28H,6,11-14,17H2,1-5H3,(H,32,41)(H,33,34)(H,36,40)/t28-/m0/s1. The van der Waals surface area contributed by atoms with Crippen LogP contribution in [0.2, 0.25) is 0 Å². The Morgan fingerprint density at radius 3 is 2.68 bits per heavy atom. The molecule has 2 aromatic heterocycles. The highest BCUT2D eigenvalue weighted by Crippen LogP contribution is 2.28. The lowest BCUT2D eigenvalue weighted by Crippen LogP contribution is -2.44. The van der Waals surface area contributed by atoms with Crippen LogP contribution in [0.4, 0.5) is 0 Å². The molecular weight excluding hydrogens is 564 g/mol. The van der Waals surface area contributed by atoms with E-state index in [-0.39, 0.29) is 43.3 Å². The number of aromatic amines is 1. The molecule has 1 aliphatic rings. The highest BCUT2D eigenvalue weighted by molar-refractivity contribution is 5.99. The molecule has 0 fully saturated rings. The van der Waals surface area contributed by atoms with Gasteiger partial charge in [-0.05, 0) is 62.6 Å². The summed E-state index contributed by atoms with van der Waals surface area (Å²) in [6.45, 7) is 8.55. The Morgan fingerprint density at radius 2 is 1.91 bits per heavy atom. The number of carbonyl (C=O) groups is 3. The first kappa shape index (κ1) is 30.5. The fourth-order valence-electron chi connectivity index (χ4n) is 5.24. The van der Waals surface area contributed by atoms with Crippen LogP contribution in [0.3, 0.4) is 0 Å². The third kappa shape index (κ3) is 6.82. The van der Waals surface area contributed by atoms with E-state index in [0.717, 1.165) is 16.9 Å². The Bertz CT molecular complexity index is 1680. The van der Waals surface area contributed by atoms with Crippen molar-refractivity contribution in [3.05, 3.63) is 65.0 Å². The van der Waals surface area contributed by atoms with E-state index >= 15 is 0 Å². The maximum Gasteiger partial charge on any atom is 0.254 e. The minimum atomic E-state index is -0.457. The van der Waals surface area contributed by atoms with Gasteiger partial charge in [0.25, 0.3) is 11.8 Å². The number of benzene rings is 2. The van der Waals surface area contributed by atoms with Crippen LogP contribution in [0.5, 0.6) is 11.5 Å². The van der Waals surface area contributed by atoms with Crippen molar-refractivity contribution in [3.8, 4) is 11.5 Å². The quantitative estimate of drug-likeness (QED) is 0.323. The van der Waals surface area contributed by atoms with Gasteiger partial charge in [-0.1, -0.05) is 13.8 Å². The van der Waals surface area contributed by atoms with Crippen molar-refractivity contribution in [3.63, 3.8) is 0 Å². The first-order valence-electron chi connectivity index (χ1n) is 14.7. The molecule has 2 aromatic carbocycles. The fourth-order valence-corrected chi connectivity index (χ4v) is 5.24. The number of aryl methyl sites for hydroxylation is 2. The Labute approximate surface area is 255 Å². The van der Waals surface area contributed by atoms with Crippen molar-refractivity contribution < 1.29 is 23.9 Å². The molecule has 5 rings (SSSR count). The van der Waals surface area contributed by atoms with Crippen LogP contribution in [-0.4, -0.2) is 80.7 Å². The third-order valence-corrected chi connectivity index (χ3v) is 7.41. The topological polar surface area (TPSA) is 156 Å². The first-order chi connectivity index (χ1) is 21.1. The van der Waals surface area contributed by atoms with Crippen LogP contribution >= 0.6 is 0 Å². The van der Waals surface area contributed by atoms with E-state index in [1.165, 1.54) is 12.0 Å². The zero-order chi connectivity index (χ0) is 31.4.